The number of rotatable bonds is 4. The number of carbonyl (C=O) groups is 1. The fraction of sp³-hybridized carbons (Fsp3) is 0.375. The number of methoxy groups -OCH3 is 1. The molecule has 0 spiro atoms. The third kappa shape index (κ3) is 2.78. The van der Waals surface area contributed by atoms with Crippen molar-refractivity contribution in [1.82, 2.24) is 4.98 Å². The van der Waals surface area contributed by atoms with Gasteiger partial charge in [-0.05, 0) is 37.5 Å². The van der Waals surface area contributed by atoms with Crippen LogP contribution in [0.2, 0.25) is 0 Å². The summed E-state index contributed by atoms with van der Waals surface area (Å²) in [7, 11) is 1.67. The van der Waals surface area contributed by atoms with Crippen LogP contribution in [-0.4, -0.2) is 24.7 Å². The summed E-state index contributed by atoms with van der Waals surface area (Å²) in [6.45, 7) is 2.22. The molecule has 1 aromatic heterocycles. The van der Waals surface area contributed by atoms with Gasteiger partial charge in [-0.15, -0.1) is 11.3 Å². The summed E-state index contributed by atoms with van der Waals surface area (Å²) in [5, 5.41) is 0.828. The first kappa shape index (κ1) is 14.1. The molecular weight excluding hydrogens is 286 g/mol. The summed E-state index contributed by atoms with van der Waals surface area (Å²) in [5.74, 6) is 0.621. The number of fused-ring (bicyclic) bond motifs is 3. The lowest BCUT2D eigenvalue weighted by atomic mass is 9.93. The minimum atomic E-state index is -0.213. The Bertz CT molecular complexity index is 678. The maximum Gasteiger partial charge on any atom is 0.312 e. The average Bonchev–Trinajstić information content (AvgIpc) is 2.89. The quantitative estimate of drug-likeness (QED) is 0.815. The molecule has 0 amide bonds. The fourth-order valence-corrected chi connectivity index (χ4v) is 3.63. The molecule has 1 aliphatic rings. The second kappa shape index (κ2) is 5.85. The fourth-order valence-electron chi connectivity index (χ4n) is 2.56. The van der Waals surface area contributed by atoms with E-state index in [1.54, 1.807) is 18.4 Å². The van der Waals surface area contributed by atoms with Crippen LogP contribution in [0.3, 0.4) is 0 Å². The first-order chi connectivity index (χ1) is 10.2. The zero-order valence-electron chi connectivity index (χ0n) is 12.1. The maximum absolute atomic E-state index is 11.6. The average molecular weight is 303 g/mol. The number of carbonyl (C=O) groups excluding carboxylic acids is 1. The van der Waals surface area contributed by atoms with Crippen LogP contribution in [0.25, 0.3) is 11.3 Å². The maximum atomic E-state index is 11.6. The number of aromatic nitrogens is 1. The summed E-state index contributed by atoms with van der Waals surface area (Å²) >= 11 is 1.61. The van der Waals surface area contributed by atoms with Crippen LogP contribution < -0.4 is 4.74 Å². The molecule has 0 saturated carbocycles. The Kier molecular flexibility index (Phi) is 3.92. The van der Waals surface area contributed by atoms with Crippen LogP contribution in [0.4, 0.5) is 0 Å². The second-order valence-corrected chi connectivity index (χ2v) is 6.05. The van der Waals surface area contributed by atoms with Gasteiger partial charge in [-0.1, -0.05) is 6.07 Å². The number of ether oxygens (including phenoxy) is 2. The smallest absolute Gasteiger partial charge is 0.312 e. The Labute approximate surface area is 127 Å². The summed E-state index contributed by atoms with van der Waals surface area (Å²) in [6.07, 6.45) is 2.24. The van der Waals surface area contributed by atoms with E-state index in [4.69, 9.17) is 9.47 Å². The molecule has 0 aliphatic heterocycles. The van der Waals surface area contributed by atoms with Crippen molar-refractivity contribution in [2.24, 2.45) is 0 Å². The highest BCUT2D eigenvalue weighted by atomic mass is 32.1. The van der Waals surface area contributed by atoms with E-state index in [0.29, 0.717) is 6.61 Å². The summed E-state index contributed by atoms with van der Waals surface area (Å²) in [4.78, 5) is 17.5. The van der Waals surface area contributed by atoms with E-state index in [9.17, 15) is 4.79 Å². The van der Waals surface area contributed by atoms with E-state index < -0.39 is 0 Å². The molecule has 0 atom stereocenters. The molecule has 0 N–H and O–H groups in total. The van der Waals surface area contributed by atoms with Gasteiger partial charge in [-0.3, -0.25) is 4.79 Å². The Hall–Kier alpha value is -1.88. The molecule has 0 radical (unpaired) electrons. The number of benzene rings is 1. The summed E-state index contributed by atoms with van der Waals surface area (Å²) < 4.78 is 10.3. The van der Waals surface area contributed by atoms with Crippen molar-refractivity contribution in [3.8, 4) is 17.0 Å². The van der Waals surface area contributed by atoms with Crippen molar-refractivity contribution in [2.45, 2.75) is 26.2 Å². The Morgan fingerprint density at radius 1 is 1.38 bits per heavy atom. The van der Waals surface area contributed by atoms with Gasteiger partial charge in [-0.25, -0.2) is 4.98 Å². The van der Waals surface area contributed by atoms with Crippen molar-refractivity contribution >= 4 is 17.3 Å². The van der Waals surface area contributed by atoms with Crippen molar-refractivity contribution in [1.29, 1.82) is 0 Å². The molecule has 1 aromatic carbocycles. The Morgan fingerprint density at radius 3 is 3.00 bits per heavy atom. The first-order valence-corrected chi connectivity index (χ1v) is 7.84. The van der Waals surface area contributed by atoms with Crippen LogP contribution in [0.1, 0.15) is 22.4 Å². The lowest BCUT2D eigenvalue weighted by molar-refractivity contribution is -0.142. The third-order valence-corrected chi connectivity index (χ3v) is 4.65. The number of aryl methyl sites for hydroxylation is 2. The summed E-state index contributed by atoms with van der Waals surface area (Å²) in [5.41, 5.74) is 3.41. The van der Waals surface area contributed by atoms with Gasteiger partial charge in [0.15, 0.2) is 0 Å². The first-order valence-electron chi connectivity index (χ1n) is 7.02. The highest BCUT2D eigenvalue weighted by Gasteiger charge is 2.22. The number of hydrogen-bond acceptors (Lipinski definition) is 5. The van der Waals surface area contributed by atoms with Crippen LogP contribution in [0.5, 0.6) is 5.75 Å². The van der Waals surface area contributed by atoms with Gasteiger partial charge in [0, 0.05) is 10.4 Å². The molecule has 1 heterocycles. The van der Waals surface area contributed by atoms with Crippen LogP contribution in [0.15, 0.2) is 18.2 Å². The number of hydrogen-bond donors (Lipinski definition) is 0. The van der Waals surface area contributed by atoms with Crippen LogP contribution >= 0.6 is 11.3 Å². The normalized spacial score (nSPS) is 12.5. The molecular formula is C16H17NO3S. The minimum absolute atomic E-state index is 0.213. The molecule has 0 bridgehead atoms. The van der Waals surface area contributed by atoms with Crippen molar-refractivity contribution in [2.75, 3.05) is 13.7 Å². The van der Waals surface area contributed by atoms with Crippen LogP contribution in [0, 0.1) is 0 Å². The Balaban J connectivity index is 1.93. The molecule has 21 heavy (non-hydrogen) atoms. The topological polar surface area (TPSA) is 48.4 Å². The molecule has 0 unspecified atom stereocenters. The summed E-state index contributed by atoms with van der Waals surface area (Å²) in [6, 6.07) is 6.11. The Morgan fingerprint density at radius 2 is 2.24 bits per heavy atom. The third-order valence-electron chi connectivity index (χ3n) is 3.54. The minimum Gasteiger partial charge on any atom is -0.497 e. The second-order valence-electron chi connectivity index (χ2n) is 4.88. The number of esters is 1. The van der Waals surface area contributed by atoms with Crippen molar-refractivity contribution < 1.29 is 14.3 Å². The lowest BCUT2D eigenvalue weighted by Crippen LogP contribution is -2.07. The predicted octanol–water partition coefficient (Wildman–Crippen LogP) is 3.02. The molecule has 110 valence electrons. The SMILES string of the molecule is CCOC(=O)Cc1nc2c(s1)CCc1ccc(OC)cc1-2. The van der Waals surface area contributed by atoms with E-state index >= 15 is 0 Å². The molecule has 3 rings (SSSR count). The van der Waals surface area contributed by atoms with Crippen molar-refractivity contribution in [3.63, 3.8) is 0 Å². The van der Waals surface area contributed by atoms with E-state index in [2.05, 4.69) is 11.1 Å². The van der Waals surface area contributed by atoms with E-state index in [1.165, 1.54) is 10.4 Å². The molecule has 0 saturated heterocycles. The zero-order valence-corrected chi connectivity index (χ0v) is 13.0. The molecule has 5 heteroatoms. The molecule has 1 aliphatic carbocycles. The van der Waals surface area contributed by atoms with E-state index in [0.717, 1.165) is 34.9 Å². The van der Waals surface area contributed by atoms with Gasteiger partial charge in [0.25, 0.3) is 0 Å². The molecule has 4 nitrogen and oxygen atoms in total. The van der Waals surface area contributed by atoms with Gasteiger partial charge in [0.1, 0.15) is 10.8 Å². The van der Waals surface area contributed by atoms with Crippen LogP contribution in [-0.2, 0) is 28.8 Å². The predicted molar refractivity (Wildman–Crippen MR) is 81.8 cm³/mol. The van der Waals surface area contributed by atoms with Gasteiger partial charge in [0.05, 0.1) is 25.8 Å². The van der Waals surface area contributed by atoms with E-state index in [-0.39, 0.29) is 12.4 Å². The number of thiazole rings is 1. The van der Waals surface area contributed by atoms with E-state index in [1.807, 2.05) is 19.1 Å². The number of nitrogens with zero attached hydrogens (tertiary/aromatic N) is 1. The van der Waals surface area contributed by atoms with Gasteiger partial charge < -0.3 is 9.47 Å². The largest absolute Gasteiger partial charge is 0.497 e. The van der Waals surface area contributed by atoms with Crippen molar-refractivity contribution in [3.05, 3.63) is 33.6 Å². The standard InChI is InChI=1S/C16H17NO3S/c1-3-20-15(18)9-14-17-16-12-8-11(19-2)6-4-10(12)5-7-13(16)21-14/h4,6,8H,3,5,7,9H2,1-2H3. The highest BCUT2D eigenvalue weighted by molar-refractivity contribution is 7.12. The van der Waals surface area contributed by atoms with Gasteiger partial charge in [-0.2, -0.15) is 0 Å². The van der Waals surface area contributed by atoms with Gasteiger partial charge >= 0.3 is 5.97 Å². The molecule has 0 fully saturated rings. The lowest BCUT2D eigenvalue weighted by Gasteiger charge is -2.15. The van der Waals surface area contributed by atoms with Gasteiger partial charge in [0.2, 0.25) is 0 Å². The molecule has 2 aromatic rings. The zero-order chi connectivity index (χ0) is 14.8. The monoisotopic (exact) mass is 303 g/mol. The highest BCUT2D eigenvalue weighted by Crippen LogP contribution is 2.38.